The molecule has 2 aromatic heterocycles. The van der Waals surface area contributed by atoms with E-state index in [4.69, 9.17) is 0 Å². The molecule has 2 N–H and O–H groups in total. The van der Waals surface area contributed by atoms with Crippen LogP contribution in [0.4, 0.5) is 0 Å². The predicted octanol–water partition coefficient (Wildman–Crippen LogP) is 3.30. The Balaban J connectivity index is 1.76. The summed E-state index contributed by atoms with van der Waals surface area (Å²) in [5, 5.41) is 10.0. The lowest BCUT2D eigenvalue weighted by atomic mass is 9.99. The molecule has 2 heterocycles. The highest BCUT2D eigenvalue weighted by molar-refractivity contribution is 5.94. The summed E-state index contributed by atoms with van der Waals surface area (Å²) in [7, 11) is 0. The minimum Gasteiger partial charge on any atom is -0.343 e. The molecule has 0 spiro atoms. The van der Waals surface area contributed by atoms with E-state index in [0.717, 1.165) is 17.1 Å². The molecule has 1 aromatic carbocycles. The molecule has 0 aliphatic heterocycles. The van der Waals surface area contributed by atoms with Crippen LogP contribution >= 0.6 is 0 Å². The molecule has 0 saturated heterocycles. The average Bonchev–Trinajstić information content (AvgIpc) is 3.06. The zero-order valence-corrected chi connectivity index (χ0v) is 14.5. The second kappa shape index (κ2) is 7.25. The minimum absolute atomic E-state index is 0.123. The predicted molar refractivity (Wildman–Crippen MR) is 95.8 cm³/mol. The standard InChI is InChI=1S/C19H21N5O/c1-12(2)17(16-6-4-5-11-20-16)22-19(25)15-9-7-14(8-10-15)18-21-13(3)23-24-18/h4-12,17H,1-3H3,(H,22,25)(H,21,23,24). The monoisotopic (exact) mass is 335 g/mol. The van der Waals surface area contributed by atoms with Gasteiger partial charge in [0.1, 0.15) is 5.82 Å². The molecule has 128 valence electrons. The number of nitrogens with zero attached hydrogens (tertiary/aromatic N) is 3. The Kier molecular flexibility index (Phi) is 4.88. The third kappa shape index (κ3) is 3.91. The van der Waals surface area contributed by atoms with Crippen molar-refractivity contribution in [1.82, 2.24) is 25.5 Å². The maximum absolute atomic E-state index is 12.6. The summed E-state index contributed by atoms with van der Waals surface area (Å²) in [5.41, 5.74) is 2.32. The first-order valence-corrected chi connectivity index (χ1v) is 8.26. The van der Waals surface area contributed by atoms with Gasteiger partial charge in [0.2, 0.25) is 0 Å². The van der Waals surface area contributed by atoms with Gasteiger partial charge >= 0.3 is 0 Å². The van der Waals surface area contributed by atoms with Crippen LogP contribution in [0.15, 0.2) is 48.7 Å². The number of pyridine rings is 1. The van der Waals surface area contributed by atoms with Crippen LogP contribution in [-0.4, -0.2) is 26.1 Å². The van der Waals surface area contributed by atoms with Gasteiger partial charge in [-0.25, -0.2) is 4.98 Å². The molecule has 25 heavy (non-hydrogen) atoms. The molecule has 0 bridgehead atoms. The number of hydrogen-bond acceptors (Lipinski definition) is 4. The van der Waals surface area contributed by atoms with E-state index in [2.05, 4.69) is 39.3 Å². The van der Waals surface area contributed by atoms with Gasteiger partial charge in [0.25, 0.3) is 5.91 Å². The summed E-state index contributed by atoms with van der Waals surface area (Å²) >= 11 is 0. The molecule has 0 radical (unpaired) electrons. The third-order valence-corrected chi connectivity index (χ3v) is 3.96. The fourth-order valence-electron chi connectivity index (χ4n) is 2.61. The number of aryl methyl sites for hydroxylation is 1. The van der Waals surface area contributed by atoms with Crippen molar-refractivity contribution < 1.29 is 4.79 Å². The van der Waals surface area contributed by atoms with Crippen molar-refractivity contribution in [3.63, 3.8) is 0 Å². The van der Waals surface area contributed by atoms with Gasteiger partial charge in [0.05, 0.1) is 11.7 Å². The third-order valence-electron chi connectivity index (χ3n) is 3.96. The smallest absolute Gasteiger partial charge is 0.251 e. The van der Waals surface area contributed by atoms with Crippen molar-refractivity contribution in [2.75, 3.05) is 0 Å². The van der Waals surface area contributed by atoms with Gasteiger partial charge in [0.15, 0.2) is 5.82 Å². The van der Waals surface area contributed by atoms with E-state index in [1.165, 1.54) is 0 Å². The van der Waals surface area contributed by atoms with Crippen LogP contribution in [0.5, 0.6) is 0 Å². The molecular weight excluding hydrogens is 314 g/mol. The summed E-state index contributed by atoms with van der Waals surface area (Å²) in [6.45, 7) is 5.98. The molecule has 0 saturated carbocycles. The van der Waals surface area contributed by atoms with Crippen LogP contribution in [0.3, 0.4) is 0 Å². The lowest BCUT2D eigenvalue weighted by Crippen LogP contribution is -2.32. The van der Waals surface area contributed by atoms with Gasteiger partial charge < -0.3 is 5.32 Å². The zero-order valence-electron chi connectivity index (χ0n) is 14.5. The quantitative estimate of drug-likeness (QED) is 0.749. The van der Waals surface area contributed by atoms with Crippen molar-refractivity contribution >= 4 is 5.91 Å². The largest absolute Gasteiger partial charge is 0.343 e. The Bertz CT molecular complexity index is 840. The Morgan fingerprint density at radius 1 is 1.12 bits per heavy atom. The number of aromatic amines is 1. The van der Waals surface area contributed by atoms with Crippen molar-refractivity contribution in [2.45, 2.75) is 26.8 Å². The number of rotatable bonds is 5. The van der Waals surface area contributed by atoms with E-state index in [1.54, 1.807) is 18.3 Å². The van der Waals surface area contributed by atoms with E-state index in [1.807, 2.05) is 37.3 Å². The number of nitrogens with one attached hydrogen (secondary N) is 2. The van der Waals surface area contributed by atoms with Crippen molar-refractivity contribution in [3.05, 3.63) is 65.7 Å². The normalized spacial score (nSPS) is 12.2. The van der Waals surface area contributed by atoms with E-state index in [9.17, 15) is 4.79 Å². The van der Waals surface area contributed by atoms with Crippen molar-refractivity contribution in [3.8, 4) is 11.4 Å². The van der Waals surface area contributed by atoms with E-state index >= 15 is 0 Å². The SMILES string of the molecule is Cc1nc(-c2ccc(C(=O)NC(c3ccccn3)C(C)C)cc2)n[nH]1. The molecular formula is C19H21N5O. The molecule has 6 heteroatoms. The Hall–Kier alpha value is -3.02. The fraction of sp³-hybridized carbons (Fsp3) is 0.263. The number of carbonyl (C=O) groups is 1. The van der Waals surface area contributed by atoms with Gasteiger partial charge in [-0.05, 0) is 37.1 Å². The van der Waals surface area contributed by atoms with Crippen LogP contribution in [-0.2, 0) is 0 Å². The van der Waals surface area contributed by atoms with Crippen LogP contribution in [0.25, 0.3) is 11.4 Å². The number of amides is 1. The molecule has 1 amide bonds. The van der Waals surface area contributed by atoms with Crippen LogP contribution in [0.1, 0.15) is 41.8 Å². The maximum Gasteiger partial charge on any atom is 0.251 e. The molecule has 1 atom stereocenters. The Morgan fingerprint density at radius 2 is 1.88 bits per heavy atom. The molecule has 0 aliphatic rings. The zero-order chi connectivity index (χ0) is 17.8. The maximum atomic E-state index is 12.6. The second-order valence-corrected chi connectivity index (χ2v) is 6.27. The highest BCUT2D eigenvalue weighted by Gasteiger charge is 2.20. The van der Waals surface area contributed by atoms with Gasteiger partial charge in [-0.15, -0.1) is 0 Å². The van der Waals surface area contributed by atoms with Crippen LogP contribution in [0.2, 0.25) is 0 Å². The van der Waals surface area contributed by atoms with Gasteiger partial charge in [-0.1, -0.05) is 32.0 Å². The Labute approximate surface area is 146 Å². The molecule has 6 nitrogen and oxygen atoms in total. The van der Waals surface area contributed by atoms with Gasteiger partial charge in [-0.2, -0.15) is 5.10 Å². The number of hydrogen-bond donors (Lipinski definition) is 2. The van der Waals surface area contributed by atoms with Gasteiger partial charge in [0, 0.05) is 17.3 Å². The second-order valence-electron chi connectivity index (χ2n) is 6.27. The number of carbonyl (C=O) groups excluding carboxylic acids is 1. The van der Waals surface area contributed by atoms with E-state index in [0.29, 0.717) is 11.4 Å². The topological polar surface area (TPSA) is 83.6 Å². The summed E-state index contributed by atoms with van der Waals surface area (Å²) < 4.78 is 0. The Morgan fingerprint density at radius 3 is 2.44 bits per heavy atom. The average molecular weight is 335 g/mol. The van der Waals surface area contributed by atoms with Crippen molar-refractivity contribution in [1.29, 1.82) is 0 Å². The van der Waals surface area contributed by atoms with Gasteiger partial charge in [-0.3, -0.25) is 14.9 Å². The first-order chi connectivity index (χ1) is 12.0. The lowest BCUT2D eigenvalue weighted by molar-refractivity contribution is 0.0924. The number of aromatic nitrogens is 4. The van der Waals surface area contributed by atoms with Crippen LogP contribution in [0, 0.1) is 12.8 Å². The first kappa shape index (κ1) is 16.8. The summed E-state index contributed by atoms with van der Waals surface area (Å²) in [4.78, 5) is 21.3. The highest BCUT2D eigenvalue weighted by atomic mass is 16.1. The fourth-order valence-corrected chi connectivity index (χ4v) is 2.61. The first-order valence-electron chi connectivity index (χ1n) is 8.26. The lowest BCUT2D eigenvalue weighted by Gasteiger charge is -2.22. The number of benzene rings is 1. The summed E-state index contributed by atoms with van der Waals surface area (Å²) in [6, 6.07) is 12.9. The van der Waals surface area contributed by atoms with E-state index < -0.39 is 0 Å². The summed E-state index contributed by atoms with van der Waals surface area (Å²) in [6.07, 6.45) is 1.74. The van der Waals surface area contributed by atoms with Crippen molar-refractivity contribution in [2.24, 2.45) is 5.92 Å². The number of H-pyrrole nitrogens is 1. The highest BCUT2D eigenvalue weighted by Crippen LogP contribution is 2.21. The molecule has 0 fully saturated rings. The molecule has 3 aromatic rings. The van der Waals surface area contributed by atoms with E-state index in [-0.39, 0.29) is 17.9 Å². The minimum atomic E-state index is -0.135. The molecule has 3 rings (SSSR count). The summed E-state index contributed by atoms with van der Waals surface area (Å²) in [5.74, 6) is 1.49. The molecule has 0 aliphatic carbocycles. The van der Waals surface area contributed by atoms with Crippen LogP contribution < -0.4 is 5.32 Å². The molecule has 1 unspecified atom stereocenters.